The lowest BCUT2D eigenvalue weighted by molar-refractivity contribution is -0.00316. The van der Waals surface area contributed by atoms with E-state index in [0.29, 0.717) is 17.3 Å². The van der Waals surface area contributed by atoms with Crippen molar-refractivity contribution in [1.29, 1.82) is 0 Å². The van der Waals surface area contributed by atoms with Gasteiger partial charge >= 0.3 is 5.97 Å². The van der Waals surface area contributed by atoms with Gasteiger partial charge in [-0.05, 0) is 56.4 Å². The molecule has 2 aromatic rings. The third-order valence-corrected chi connectivity index (χ3v) is 5.78. The smallest absolute Gasteiger partial charge is 0.338 e. The maximum atomic E-state index is 11.9. The maximum absolute atomic E-state index is 11.9. The molecule has 6 heteroatoms. The number of nitrogens with zero attached hydrogens (tertiary/aromatic N) is 1. The van der Waals surface area contributed by atoms with Gasteiger partial charge in [0.2, 0.25) is 0 Å². The summed E-state index contributed by atoms with van der Waals surface area (Å²) in [5, 5.41) is 4.08. The fourth-order valence-corrected chi connectivity index (χ4v) is 4.32. The third kappa shape index (κ3) is 2.75. The lowest BCUT2D eigenvalue weighted by Crippen LogP contribution is -2.69. The van der Waals surface area contributed by atoms with E-state index >= 15 is 0 Å². The van der Waals surface area contributed by atoms with E-state index < -0.39 is 5.72 Å². The maximum Gasteiger partial charge on any atom is 0.338 e. The van der Waals surface area contributed by atoms with Crippen LogP contribution in [0, 0.1) is 5.92 Å². The Morgan fingerprint density at radius 1 is 1.26 bits per heavy atom. The zero-order chi connectivity index (χ0) is 19.2. The summed E-state index contributed by atoms with van der Waals surface area (Å²) in [6, 6.07) is 15.4. The van der Waals surface area contributed by atoms with E-state index in [9.17, 15) is 4.79 Å². The number of ether oxygens (including phenoxy) is 2. The monoisotopic (exact) mass is 382 g/mol. The molecule has 0 amide bonds. The molecule has 3 atom stereocenters. The second kappa shape index (κ2) is 6.53. The van der Waals surface area contributed by atoms with Crippen LogP contribution >= 0.6 is 12.2 Å². The van der Waals surface area contributed by atoms with Gasteiger partial charge in [0.05, 0.1) is 18.2 Å². The zero-order valence-electron chi connectivity index (χ0n) is 15.6. The summed E-state index contributed by atoms with van der Waals surface area (Å²) in [5.41, 5.74) is 1.88. The number of thiocarbonyl (C=S) groups is 1. The van der Waals surface area contributed by atoms with Crippen LogP contribution in [0.3, 0.4) is 0 Å². The van der Waals surface area contributed by atoms with Crippen LogP contribution in [0.2, 0.25) is 0 Å². The quantitative estimate of drug-likeness (QED) is 0.639. The normalized spacial score (nSPS) is 25.9. The van der Waals surface area contributed by atoms with Gasteiger partial charge in [-0.2, -0.15) is 0 Å². The fraction of sp³-hybridized carbons (Fsp3) is 0.333. The van der Waals surface area contributed by atoms with E-state index in [1.54, 1.807) is 19.1 Å². The predicted molar refractivity (Wildman–Crippen MR) is 108 cm³/mol. The van der Waals surface area contributed by atoms with Gasteiger partial charge in [0, 0.05) is 17.2 Å². The highest BCUT2D eigenvalue weighted by atomic mass is 32.1. The molecule has 1 fully saturated rings. The first kappa shape index (κ1) is 17.8. The van der Waals surface area contributed by atoms with Crippen LogP contribution in [-0.4, -0.2) is 23.4 Å². The molecule has 0 saturated carbocycles. The molecular weight excluding hydrogens is 360 g/mol. The summed E-state index contributed by atoms with van der Waals surface area (Å²) in [5.74, 6) is 0.695. The molecule has 140 valence electrons. The Hall–Kier alpha value is -2.60. The van der Waals surface area contributed by atoms with Gasteiger partial charge in [-0.3, -0.25) is 4.90 Å². The zero-order valence-corrected chi connectivity index (χ0v) is 16.4. The molecule has 27 heavy (non-hydrogen) atoms. The van der Waals surface area contributed by atoms with Crippen LogP contribution in [0.5, 0.6) is 5.75 Å². The molecule has 2 bridgehead atoms. The molecule has 1 saturated heterocycles. The van der Waals surface area contributed by atoms with Gasteiger partial charge in [0.1, 0.15) is 5.75 Å². The van der Waals surface area contributed by atoms with Gasteiger partial charge in [-0.1, -0.05) is 25.1 Å². The van der Waals surface area contributed by atoms with Crippen LogP contribution in [0.1, 0.15) is 42.7 Å². The van der Waals surface area contributed by atoms with Crippen LogP contribution in [0.4, 0.5) is 5.69 Å². The molecular formula is C21H22N2O3S. The van der Waals surface area contributed by atoms with Crippen molar-refractivity contribution in [2.24, 2.45) is 5.92 Å². The number of nitrogens with one attached hydrogen (secondary N) is 1. The Morgan fingerprint density at radius 2 is 1.96 bits per heavy atom. The van der Waals surface area contributed by atoms with Crippen molar-refractivity contribution in [1.82, 2.24) is 5.32 Å². The van der Waals surface area contributed by atoms with E-state index in [4.69, 9.17) is 21.7 Å². The van der Waals surface area contributed by atoms with Crippen LogP contribution in [0.15, 0.2) is 48.5 Å². The number of rotatable bonds is 3. The molecule has 0 aliphatic carbocycles. The van der Waals surface area contributed by atoms with Crippen molar-refractivity contribution in [3.8, 4) is 5.75 Å². The molecule has 2 heterocycles. The van der Waals surface area contributed by atoms with E-state index in [1.807, 2.05) is 35.2 Å². The topological polar surface area (TPSA) is 50.8 Å². The van der Waals surface area contributed by atoms with Crippen molar-refractivity contribution in [3.05, 3.63) is 59.7 Å². The molecule has 2 aliphatic heterocycles. The van der Waals surface area contributed by atoms with Gasteiger partial charge in [0.25, 0.3) is 0 Å². The molecule has 0 radical (unpaired) electrons. The molecule has 1 N–H and O–H groups in total. The Bertz CT molecular complexity index is 899. The second-order valence-electron chi connectivity index (χ2n) is 7.01. The van der Waals surface area contributed by atoms with Gasteiger partial charge < -0.3 is 14.8 Å². The van der Waals surface area contributed by atoms with E-state index in [1.165, 1.54) is 0 Å². The Kier molecular flexibility index (Phi) is 4.30. The Balaban J connectivity index is 1.72. The summed E-state index contributed by atoms with van der Waals surface area (Å²) < 4.78 is 11.5. The molecule has 5 nitrogen and oxygen atoms in total. The first-order valence-electron chi connectivity index (χ1n) is 9.11. The number of fused-ring (bicyclic) bond motifs is 4. The SMILES string of the molecule is CCOC(=O)c1ccc(N2C(=S)N[C@H]3c4ccccc4O[C@@]2(C)[C@H]3C)cc1. The number of benzene rings is 2. The van der Waals surface area contributed by atoms with E-state index in [2.05, 4.69) is 25.2 Å². The largest absolute Gasteiger partial charge is 0.467 e. The molecule has 2 aliphatic rings. The lowest BCUT2D eigenvalue weighted by Gasteiger charge is -2.56. The minimum Gasteiger partial charge on any atom is -0.467 e. The highest BCUT2D eigenvalue weighted by molar-refractivity contribution is 7.80. The second-order valence-corrected chi connectivity index (χ2v) is 7.40. The first-order valence-corrected chi connectivity index (χ1v) is 9.52. The minimum absolute atomic E-state index is 0.0995. The van der Waals surface area contributed by atoms with Gasteiger partial charge in [-0.25, -0.2) is 4.79 Å². The van der Waals surface area contributed by atoms with Crippen molar-refractivity contribution >= 4 is 29.0 Å². The number of anilines is 1. The summed E-state index contributed by atoms with van der Waals surface area (Å²) >= 11 is 5.69. The lowest BCUT2D eigenvalue weighted by atomic mass is 9.80. The average molecular weight is 382 g/mol. The minimum atomic E-state index is -0.632. The van der Waals surface area contributed by atoms with Crippen molar-refractivity contribution in [2.75, 3.05) is 11.5 Å². The number of carbonyl (C=O) groups excluding carboxylic acids is 1. The van der Waals surface area contributed by atoms with Crippen molar-refractivity contribution in [3.63, 3.8) is 0 Å². The van der Waals surface area contributed by atoms with E-state index in [-0.39, 0.29) is 17.9 Å². The van der Waals surface area contributed by atoms with Crippen LogP contribution in [0.25, 0.3) is 0 Å². The third-order valence-electron chi connectivity index (χ3n) is 5.48. The molecule has 4 rings (SSSR count). The fourth-order valence-electron chi connectivity index (χ4n) is 3.91. The Morgan fingerprint density at radius 3 is 2.67 bits per heavy atom. The number of hydrogen-bond acceptors (Lipinski definition) is 4. The van der Waals surface area contributed by atoms with Crippen LogP contribution in [-0.2, 0) is 4.74 Å². The summed E-state index contributed by atoms with van der Waals surface area (Å²) in [4.78, 5) is 13.9. The highest BCUT2D eigenvalue weighted by Crippen LogP contribution is 2.48. The predicted octanol–water partition coefficient (Wildman–Crippen LogP) is 4.04. The Labute approximate surface area is 164 Å². The van der Waals surface area contributed by atoms with Gasteiger partial charge in [-0.15, -0.1) is 0 Å². The standard InChI is InChI=1S/C21H22N2O3S/c1-4-25-19(24)14-9-11-15(12-10-14)23-20(27)22-18-13(2)21(23,3)26-17-8-6-5-7-16(17)18/h5-13,18H,4H2,1-3H3,(H,22,27)/t13-,18+,21-/m0/s1. The van der Waals surface area contributed by atoms with Crippen molar-refractivity contribution < 1.29 is 14.3 Å². The first-order chi connectivity index (χ1) is 13.0. The average Bonchev–Trinajstić information content (AvgIpc) is 2.65. The molecule has 2 aromatic carbocycles. The highest BCUT2D eigenvalue weighted by Gasteiger charge is 2.53. The molecule has 0 spiro atoms. The van der Waals surface area contributed by atoms with Crippen molar-refractivity contribution in [2.45, 2.75) is 32.5 Å². The molecule has 0 unspecified atom stereocenters. The summed E-state index contributed by atoms with van der Waals surface area (Å²) in [6.45, 7) is 6.37. The summed E-state index contributed by atoms with van der Waals surface area (Å²) in [6.07, 6.45) is 0. The van der Waals surface area contributed by atoms with Crippen LogP contribution < -0.4 is 15.0 Å². The summed E-state index contributed by atoms with van der Waals surface area (Å²) in [7, 11) is 0. The molecule has 0 aromatic heterocycles. The number of carbonyl (C=O) groups is 1. The number of hydrogen-bond donors (Lipinski definition) is 1. The number of esters is 1. The number of para-hydroxylation sites is 1. The van der Waals surface area contributed by atoms with Gasteiger partial charge in [0.15, 0.2) is 10.8 Å². The van der Waals surface area contributed by atoms with E-state index in [0.717, 1.165) is 17.0 Å².